The van der Waals surface area contributed by atoms with Crippen molar-refractivity contribution in [1.29, 1.82) is 0 Å². The summed E-state index contributed by atoms with van der Waals surface area (Å²) < 4.78 is 32.4. The number of rotatable bonds is 5. The molecule has 28 heavy (non-hydrogen) atoms. The first-order chi connectivity index (χ1) is 13.6. The quantitative estimate of drug-likeness (QED) is 0.665. The average molecular weight is 389 g/mol. The van der Waals surface area contributed by atoms with E-state index in [4.69, 9.17) is 4.74 Å². The van der Waals surface area contributed by atoms with Crippen LogP contribution in [0.2, 0.25) is 0 Å². The van der Waals surface area contributed by atoms with Crippen molar-refractivity contribution in [3.8, 4) is 5.75 Å². The molecule has 2 aliphatic heterocycles. The maximum atomic E-state index is 13.7. The molecule has 2 aliphatic rings. The van der Waals surface area contributed by atoms with Crippen molar-refractivity contribution in [2.24, 2.45) is 0 Å². The number of hydrogen-bond acceptors (Lipinski definition) is 2. The molecule has 0 saturated carbocycles. The fourth-order valence-corrected chi connectivity index (χ4v) is 3.96. The van der Waals surface area contributed by atoms with Gasteiger partial charge in [-0.05, 0) is 35.9 Å². The predicted molar refractivity (Wildman–Crippen MR) is 101 cm³/mol. The van der Waals surface area contributed by atoms with Gasteiger partial charge in [0.05, 0.1) is 12.3 Å². The largest absolute Gasteiger partial charge is 0.493 e. The highest BCUT2D eigenvalue weighted by Crippen LogP contribution is 2.25. The molecule has 4 rings (SSSR count). The highest BCUT2D eigenvalue weighted by atomic mass is 19.1. The molecular formula is C21H25F2N3O2+2. The van der Waals surface area contributed by atoms with Gasteiger partial charge in [0.1, 0.15) is 50.1 Å². The minimum absolute atomic E-state index is 0.103. The molecule has 0 aliphatic carbocycles. The van der Waals surface area contributed by atoms with E-state index in [1.54, 1.807) is 0 Å². The molecule has 0 bridgehead atoms. The molecule has 0 atom stereocenters. The second-order valence-electron chi connectivity index (χ2n) is 7.57. The summed E-state index contributed by atoms with van der Waals surface area (Å²) in [5, 5.41) is 2.48. The van der Waals surface area contributed by atoms with Gasteiger partial charge < -0.3 is 19.9 Å². The summed E-state index contributed by atoms with van der Waals surface area (Å²) in [7, 11) is 0. The van der Waals surface area contributed by atoms with E-state index in [1.807, 2.05) is 0 Å². The van der Waals surface area contributed by atoms with Crippen molar-refractivity contribution < 1.29 is 28.1 Å². The number of quaternary nitrogens is 2. The smallest absolute Gasteiger partial charge is 0.279 e. The van der Waals surface area contributed by atoms with Crippen LogP contribution in [0.3, 0.4) is 0 Å². The van der Waals surface area contributed by atoms with Crippen LogP contribution in [0.15, 0.2) is 36.4 Å². The zero-order chi connectivity index (χ0) is 19.5. The molecule has 1 saturated heterocycles. The molecule has 2 heterocycles. The van der Waals surface area contributed by atoms with Gasteiger partial charge in [-0.3, -0.25) is 4.79 Å². The predicted octanol–water partition coefficient (Wildman–Crippen LogP) is -0.178. The summed E-state index contributed by atoms with van der Waals surface area (Å²) in [4.78, 5) is 14.9. The average Bonchev–Trinajstić information content (AvgIpc) is 3.14. The van der Waals surface area contributed by atoms with Crippen LogP contribution >= 0.6 is 0 Å². The lowest BCUT2D eigenvalue weighted by Crippen LogP contribution is -3.28. The molecule has 2 aromatic rings. The second kappa shape index (κ2) is 8.24. The second-order valence-corrected chi connectivity index (χ2v) is 7.57. The van der Waals surface area contributed by atoms with Crippen molar-refractivity contribution in [3.63, 3.8) is 0 Å². The third-order valence-corrected chi connectivity index (χ3v) is 5.49. The number of fused-ring (bicyclic) bond motifs is 1. The van der Waals surface area contributed by atoms with Crippen LogP contribution in [0.5, 0.6) is 5.75 Å². The van der Waals surface area contributed by atoms with Gasteiger partial charge in [0.2, 0.25) is 0 Å². The molecule has 0 radical (unpaired) electrons. The van der Waals surface area contributed by atoms with E-state index in [2.05, 4.69) is 23.5 Å². The number of benzene rings is 2. The van der Waals surface area contributed by atoms with Gasteiger partial charge in [-0.1, -0.05) is 0 Å². The normalized spacial score (nSPS) is 21.1. The van der Waals surface area contributed by atoms with Crippen molar-refractivity contribution >= 4 is 11.6 Å². The highest BCUT2D eigenvalue weighted by Gasteiger charge is 2.25. The Balaban J connectivity index is 1.25. The number of halogens is 2. The standard InChI is InChI=1S/C21H23F2N3O2/c22-17-2-3-18(23)19(12-17)24-21(27)14-26-8-6-25(7-9-26)13-15-1-4-20-16(11-15)5-10-28-20/h1-4,11-12H,5-10,13-14H2,(H,24,27)/p+2. The third-order valence-electron chi connectivity index (χ3n) is 5.49. The van der Waals surface area contributed by atoms with Gasteiger partial charge in [-0.15, -0.1) is 0 Å². The summed E-state index contributed by atoms with van der Waals surface area (Å²) in [5.41, 5.74) is 2.51. The Morgan fingerprint density at radius 2 is 1.82 bits per heavy atom. The summed E-state index contributed by atoms with van der Waals surface area (Å²) in [5.74, 6) is -0.478. The van der Waals surface area contributed by atoms with Crippen molar-refractivity contribution in [1.82, 2.24) is 0 Å². The topological polar surface area (TPSA) is 47.2 Å². The molecule has 1 amide bonds. The Morgan fingerprint density at radius 1 is 1.04 bits per heavy atom. The first-order valence-corrected chi connectivity index (χ1v) is 9.73. The Kier molecular flexibility index (Phi) is 5.54. The molecular weight excluding hydrogens is 364 g/mol. The number of anilines is 1. The molecule has 3 N–H and O–H groups in total. The maximum Gasteiger partial charge on any atom is 0.279 e. The third kappa shape index (κ3) is 4.48. The van der Waals surface area contributed by atoms with Crippen LogP contribution in [0.25, 0.3) is 0 Å². The zero-order valence-electron chi connectivity index (χ0n) is 15.7. The molecule has 7 heteroatoms. The van der Waals surface area contributed by atoms with Crippen LogP contribution in [-0.4, -0.2) is 45.2 Å². The number of hydrogen-bond donors (Lipinski definition) is 3. The lowest BCUT2D eigenvalue weighted by atomic mass is 10.1. The number of nitrogens with one attached hydrogen (secondary N) is 3. The number of amides is 1. The van der Waals surface area contributed by atoms with Crippen molar-refractivity contribution in [2.45, 2.75) is 13.0 Å². The summed E-state index contributed by atoms with van der Waals surface area (Å²) in [6.07, 6.45) is 0.984. The van der Waals surface area contributed by atoms with Gasteiger partial charge in [-0.25, -0.2) is 8.78 Å². The van der Waals surface area contributed by atoms with Gasteiger partial charge in [0.15, 0.2) is 6.54 Å². The molecule has 0 aromatic heterocycles. The molecule has 0 unspecified atom stereocenters. The monoisotopic (exact) mass is 389 g/mol. The lowest BCUT2D eigenvalue weighted by molar-refractivity contribution is -1.02. The van der Waals surface area contributed by atoms with Crippen LogP contribution in [0.1, 0.15) is 11.1 Å². The fourth-order valence-electron chi connectivity index (χ4n) is 3.96. The zero-order valence-corrected chi connectivity index (χ0v) is 15.7. The van der Waals surface area contributed by atoms with Gasteiger partial charge in [-0.2, -0.15) is 0 Å². The number of carbonyl (C=O) groups is 1. The van der Waals surface area contributed by atoms with E-state index in [1.165, 1.54) is 20.9 Å². The summed E-state index contributed by atoms with van der Waals surface area (Å²) in [6.45, 7) is 5.72. The molecule has 5 nitrogen and oxygen atoms in total. The van der Waals surface area contributed by atoms with E-state index < -0.39 is 11.6 Å². The van der Waals surface area contributed by atoms with Gasteiger partial charge in [0.25, 0.3) is 5.91 Å². The Labute approximate surface area is 162 Å². The summed E-state index contributed by atoms with van der Waals surface area (Å²) >= 11 is 0. The van der Waals surface area contributed by atoms with E-state index in [9.17, 15) is 13.6 Å². The lowest BCUT2D eigenvalue weighted by Gasteiger charge is -2.29. The number of carbonyl (C=O) groups excluding carboxylic acids is 1. The van der Waals surface area contributed by atoms with E-state index in [0.717, 1.165) is 69.7 Å². The van der Waals surface area contributed by atoms with Gasteiger partial charge in [0, 0.05) is 18.1 Å². The minimum atomic E-state index is -0.626. The van der Waals surface area contributed by atoms with Crippen molar-refractivity contribution in [3.05, 3.63) is 59.2 Å². The fraction of sp³-hybridized carbons (Fsp3) is 0.381. The summed E-state index contributed by atoms with van der Waals surface area (Å²) in [6, 6.07) is 9.50. The van der Waals surface area contributed by atoms with Crippen LogP contribution in [-0.2, 0) is 17.8 Å². The van der Waals surface area contributed by atoms with Crippen LogP contribution < -0.4 is 19.9 Å². The van der Waals surface area contributed by atoms with E-state index in [0.29, 0.717) is 0 Å². The van der Waals surface area contributed by atoms with E-state index >= 15 is 0 Å². The van der Waals surface area contributed by atoms with Crippen molar-refractivity contribution in [2.75, 3.05) is 44.6 Å². The van der Waals surface area contributed by atoms with Crippen LogP contribution in [0, 0.1) is 11.6 Å². The molecule has 0 spiro atoms. The highest BCUT2D eigenvalue weighted by molar-refractivity contribution is 5.91. The Morgan fingerprint density at radius 3 is 2.64 bits per heavy atom. The molecule has 148 valence electrons. The number of piperazine rings is 1. The van der Waals surface area contributed by atoms with Crippen LogP contribution in [0.4, 0.5) is 14.5 Å². The SMILES string of the molecule is O=C(C[NH+]1CC[NH+](Cc2ccc3c(c2)CCO3)CC1)Nc1cc(F)ccc1F. The number of ether oxygens (including phenoxy) is 1. The first kappa shape index (κ1) is 18.8. The Hall–Kier alpha value is -2.51. The minimum Gasteiger partial charge on any atom is -0.493 e. The molecule has 1 fully saturated rings. The maximum absolute atomic E-state index is 13.7. The first-order valence-electron chi connectivity index (χ1n) is 9.73. The molecule has 2 aromatic carbocycles. The van der Waals surface area contributed by atoms with Gasteiger partial charge >= 0.3 is 0 Å². The Bertz CT molecular complexity index is 867. The van der Waals surface area contributed by atoms with E-state index in [-0.39, 0.29) is 18.1 Å².